The fraction of sp³-hybridized carbons (Fsp3) is 0.800. The summed E-state index contributed by atoms with van der Waals surface area (Å²) in [6.07, 6.45) is 10.3. The van der Waals surface area contributed by atoms with Crippen LogP contribution in [0.25, 0.3) is 0 Å². The Kier molecular flexibility index (Phi) is 9.75. The minimum absolute atomic E-state index is 0.0137. The van der Waals surface area contributed by atoms with Gasteiger partial charge in [0.05, 0.1) is 25.2 Å². The minimum atomic E-state index is -0.241. The molecule has 5 saturated carbocycles. The number of benzene rings is 1. The Labute approximate surface area is 310 Å². The summed E-state index contributed by atoms with van der Waals surface area (Å²) in [5, 5.41) is 11.7. The van der Waals surface area contributed by atoms with Crippen LogP contribution in [0.15, 0.2) is 42.0 Å². The van der Waals surface area contributed by atoms with Crippen molar-refractivity contribution in [3.05, 3.63) is 47.5 Å². The molecule has 1 aromatic carbocycles. The summed E-state index contributed by atoms with van der Waals surface area (Å²) in [5.74, 6) is 1.43. The highest BCUT2D eigenvalue weighted by atomic mass is 16.5. The second kappa shape index (κ2) is 13.2. The molecule has 8 rings (SSSR count). The van der Waals surface area contributed by atoms with Crippen LogP contribution in [-0.4, -0.2) is 80.0 Å². The lowest BCUT2D eigenvalue weighted by Gasteiger charge is -2.76. The minimum Gasteiger partial charge on any atom is -0.461 e. The van der Waals surface area contributed by atoms with Gasteiger partial charge < -0.3 is 19.5 Å². The summed E-state index contributed by atoms with van der Waals surface area (Å²) < 4.78 is 13.3. The number of esters is 1. The summed E-state index contributed by atoms with van der Waals surface area (Å²) in [6, 6.07) is 10.2. The Bertz CT molecular complexity index is 1470. The van der Waals surface area contributed by atoms with Crippen molar-refractivity contribution in [2.45, 2.75) is 113 Å². The average Bonchev–Trinajstić information content (AvgIpc) is 3.10. The van der Waals surface area contributed by atoms with Gasteiger partial charge in [-0.3, -0.25) is 9.69 Å². The molecule has 6 nitrogen and oxygen atoms in total. The van der Waals surface area contributed by atoms with E-state index in [0.717, 1.165) is 83.4 Å². The van der Waals surface area contributed by atoms with Gasteiger partial charge in [-0.05, 0) is 108 Å². The number of allylic oxidation sites excluding steroid dienone is 1. The molecule has 51 heavy (non-hydrogen) atoms. The molecule has 6 fully saturated rings. The van der Waals surface area contributed by atoms with E-state index in [1.165, 1.54) is 12.0 Å². The van der Waals surface area contributed by atoms with E-state index >= 15 is 0 Å². The predicted molar refractivity (Wildman–Crippen MR) is 205 cm³/mol. The second-order valence-corrected chi connectivity index (χ2v) is 20.2. The monoisotopic (exact) mass is 703 g/mol. The molecule has 0 spiro atoms. The van der Waals surface area contributed by atoms with E-state index in [1.54, 1.807) is 0 Å². The van der Waals surface area contributed by atoms with Crippen molar-refractivity contribution in [1.29, 1.82) is 0 Å². The van der Waals surface area contributed by atoms with Crippen molar-refractivity contribution in [3.8, 4) is 0 Å². The quantitative estimate of drug-likeness (QED) is 0.196. The number of ether oxygens (including phenoxy) is 2. The highest BCUT2D eigenvalue weighted by Gasteiger charge is 2.76. The number of aliphatic hydroxyl groups is 1. The Morgan fingerprint density at radius 3 is 2.31 bits per heavy atom. The highest BCUT2D eigenvalue weighted by molar-refractivity contribution is 5.75. The molecule has 1 heterocycles. The smallest absolute Gasteiger partial charge is 0.310 e. The number of carbonyl (C=O) groups is 1. The molecule has 284 valence electrons. The maximum Gasteiger partial charge on any atom is 0.310 e. The van der Waals surface area contributed by atoms with Crippen molar-refractivity contribution in [2.24, 2.45) is 62.1 Å². The van der Waals surface area contributed by atoms with Crippen LogP contribution >= 0.6 is 0 Å². The zero-order valence-electron chi connectivity index (χ0n) is 33.6. The average molecular weight is 703 g/mol. The van der Waals surface area contributed by atoms with E-state index in [-0.39, 0.29) is 57.1 Å². The van der Waals surface area contributed by atoms with Gasteiger partial charge in [0.25, 0.3) is 0 Å². The summed E-state index contributed by atoms with van der Waals surface area (Å²) in [7, 11) is 2.22. The molecule has 11 atom stereocenters. The van der Waals surface area contributed by atoms with Crippen LogP contribution in [0, 0.1) is 62.1 Å². The van der Waals surface area contributed by atoms with Gasteiger partial charge in [0.2, 0.25) is 0 Å². The Morgan fingerprint density at radius 1 is 0.941 bits per heavy atom. The summed E-state index contributed by atoms with van der Waals surface area (Å²) in [4.78, 5) is 19.7. The molecule has 0 aromatic heterocycles. The van der Waals surface area contributed by atoms with E-state index in [1.807, 2.05) is 18.2 Å². The van der Waals surface area contributed by atoms with E-state index in [4.69, 9.17) is 9.47 Å². The Morgan fingerprint density at radius 2 is 1.65 bits per heavy atom. The molecule has 6 aliphatic carbocycles. The molecule has 1 saturated heterocycles. The third kappa shape index (κ3) is 5.65. The number of piperazine rings is 1. The van der Waals surface area contributed by atoms with E-state index in [0.29, 0.717) is 30.3 Å². The molecule has 0 amide bonds. The molecular weight excluding hydrogens is 633 g/mol. The fourth-order valence-electron chi connectivity index (χ4n) is 14.3. The molecule has 0 radical (unpaired) electrons. The number of rotatable bonds is 10. The topological polar surface area (TPSA) is 62.2 Å². The van der Waals surface area contributed by atoms with Crippen molar-refractivity contribution in [1.82, 2.24) is 9.80 Å². The van der Waals surface area contributed by atoms with Gasteiger partial charge in [-0.1, -0.05) is 97.4 Å². The number of hydrogen-bond donors (Lipinski definition) is 1. The molecule has 1 aromatic rings. The molecular formula is C45H70N2O4. The van der Waals surface area contributed by atoms with Gasteiger partial charge in [0, 0.05) is 38.1 Å². The van der Waals surface area contributed by atoms with Crippen molar-refractivity contribution in [2.75, 3.05) is 53.0 Å². The number of fused-ring (bicyclic) bond motifs is 3. The first-order valence-electron chi connectivity index (χ1n) is 20.6. The molecule has 2 bridgehead atoms. The lowest BCUT2D eigenvalue weighted by atomic mass is 9.29. The number of nitrogens with zero attached hydrogens (tertiary/aromatic N) is 2. The van der Waals surface area contributed by atoms with E-state index in [9.17, 15) is 9.90 Å². The predicted octanol–water partition coefficient (Wildman–Crippen LogP) is 8.24. The first-order valence-corrected chi connectivity index (χ1v) is 20.6. The van der Waals surface area contributed by atoms with Crippen LogP contribution < -0.4 is 0 Å². The largest absolute Gasteiger partial charge is 0.461 e. The Hall–Kier alpha value is -1.73. The van der Waals surface area contributed by atoms with Gasteiger partial charge in [-0.15, -0.1) is 0 Å². The van der Waals surface area contributed by atoms with Gasteiger partial charge in [0.1, 0.15) is 6.61 Å². The maximum atomic E-state index is 14.7. The molecule has 1 N–H and O–H groups in total. The first-order chi connectivity index (χ1) is 24.1. The van der Waals surface area contributed by atoms with Gasteiger partial charge >= 0.3 is 5.97 Å². The Balaban J connectivity index is 1.18. The van der Waals surface area contributed by atoms with Gasteiger partial charge in [-0.25, -0.2) is 0 Å². The van der Waals surface area contributed by atoms with Crippen LogP contribution in [0.5, 0.6) is 0 Å². The normalized spacial score (nSPS) is 44.4. The lowest BCUT2D eigenvalue weighted by molar-refractivity contribution is -0.302. The number of likely N-dealkylation sites (N-methyl/N-ethyl adjacent to an activating group) is 1. The fourth-order valence-corrected chi connectivity index (χ4v) is 14.3. The maximum absolute atomic E-state index is 14.7. The standard InChI is InChI=1S/C45H70N2O4/c1-31(2)32(3)41(5)19-20-43(7)34-15-16-36-42(6)28-40(4,39(42)50-26-25-47-23-21-46(9)22-24-47)29-45(36,30-48)35(34)17-18-44(43,8)37(41)38(49)51-27-33-13-11-10-12-14-33/h10-14,17,31-32,34,36-37,39,48H,15-16,18-30H2,1-9H3/t32-,34+,36+,37-,39+,40-,41-,42+,43-,44+,45+/m1/s1. The third-order valence-corrected chi connectivity index (χ3v) is 17.3. The number of carbonyl (C=O) groups excluding carboxylic acids is 1. The second-order valence-electron chi connectivity index (χ2n) is 20.2. The first kappa shape index (κ1) is 37.6. The highest BCUT2D eigenvalue weighted by Crippen LogP contribution is 2.79. The number of aliphatic hydroxyl groups excluding tert-OH is 1. The molecule has 0 unspecified atom stereocenters. The van der Waals surface area contributed by atoms with Crippen LogP contribution in [0.1, 0.15) is 106 Å². The lowest BCUT2D eigenvalue weighted by Crippen LogP contribution is -2.74. The van der Waals surface area contributed by atoms with Crippen LogP contribution in [0.4, 0.5) is 0 Å². The van der Waals surface area contributed by atoms with Gasteiger partial charge in [0.15, 0.2) is 0 Å². The zero-order valence-corrected chi connectivity index (χ0v) is 33.6. The SMILES string of the molecule is CC(C)[C@@H](C)[C@@]1(C)CC[C@]2(C)[C@H]3CC[C@@H]4[C@](CO)(C[C@@]5(C)C[C@]4(C)[C@H]5OCCN4CCN(C)CC4)C3=CC[C@@]2(C)[C@@H]1C(=O)OCc1ccccc1. The molecule has 6 heteroatoms. The summed E-state index contributed by atoms with van der Waals surface area (Å²) in [6.45, 7) is 26.3. The zero-order chi connectivity index (χ0) is 36.6. The summed E-state index contributed by atoms with van der Waals surface area (Å²) >= 11 is 0. The van der Waals surface area contributed by atoms with Crippen molar-refractivity contribution >= 4 is 5.97 Å². The van der Waals surface area contributed by atoms with Crippen LogP contribution in [-0.2, 0) is 20.9 Å². The van der Waals surface area contributed by atoms with Crippen molar-refractivity contribution < 1.29 is 19.4 Å². The van der Waals surface area contributed by atoms with Crippen LogP contribution in [0.3, 0.4) is 0 Å². The van der Waals surface area contributed by atoms with Crippen LogP contribution in [0.2, 0.25) is 0 Å². The third-order valence-electron chi connectivity index (χ3n) is 17.3. The van der Waals surface area contributed by atoms with E-state index in [2.05, 4.69) is 90.4 Å². The number of hydrogen-bond acceptors (Lipinski definition) is 6. The van der Waals surface area contributed by atoms with E-state index < -0.39 is 0 Å². The van der Waals surface area contributed by atoms with Crippen molar-refractivity contribution in [3.63, 3.8) is 0 Å². The summed E-state index contributed by atoms with van der Waals surface area (Å²) in [5.41, 5.74) is 2.06. The molecule has 1 aliphatic heterocycles. The molecule has 7 aliphatic rings. The van der Waals surface area contributed by atoms with Gasteiger partial charge in [-0.2, -0.15) is 0 Å².